The molecule has 4 nitrogen and oxygen atoms in total. The third-order valence-corrected chi connectivity index (χ3v) is 4.84. The first kappa shape index (κ1) is 14.2. The van der Waals surface area contributed by atoms with Crippen LogP contribution in [0, 0.1) is 13.8 Å². The molecule has 0 saturated carbocycles. The van der Waals surface area contributed by atoms with E-state index in [1.165, 1.54) is 16.2 Å². The standard InChI is InChI=1S/C15H13ClN2O2S/c1-8-3-4-10(7-11(8)16)14-9(2)21-15(17-14)18-12(19)5-6-13(18)20/h3-4,7H,5-6H2,1-2H3. The molecule has 1 fully saturated rings. The van der Waals surface area contributed by atoms with Gasteiger partial charge >= 0.3 is 0 Å². The van der Waals surface area contributed by atoms with Crippen LogP contribution < -0.4 is 4.90 Å². The van der Waals surface area contributed by atoms with Crippen LogP contribution in [-0.4, -0.2) is 16.8 Å². The number of imide groups is 1. The summed E-state index contributed by atoms with van der Waals surface area (Å²) in [5.74, 6) is -0.357. The Morgan fingerprint density at radius 3 is 2.48 bits per heavy atom. The predicted octanol–water partition coefficient (Wildman–Crippen LogP) is 3.73. The number of hydrogen-bond acceptors (Lipinski definition) is 4. The Morgan fingerprint density at radius 2 is 1.86 bits per heavy atom. The minimum Gasteiger partial charge on any atom is -0.274 e. The van der Waals surface area contributed by atoms with Crippen LogP contribution in [0.2, 0.25) is 5.02 Å². The second kappa shape index (κ2) is 5.24. The highest BCUT2D eigenvalue weighted by molar-refractivity contribution is 7.16. The van der Waals surface area contributed by atoms with Gasteiger partial charge in [-0.05, 0) is 25.5 Å². The number of aromatic nitrogens is 1. The third kappa shape index (κ3) is 2.47. The van der Waals surface area contributed by atoms with E-state index in [-0.39, 0.29) is 24.7 Å². The molecule has 0 unspecified atom stereocenters. The molecule has 0 atom stereocenters. The topological polar surface area (TPSA) is 50.3 Å². The molecule has 1 saturated heterocycles. The summed E-state index contributed by atoms with van der Waals surface area (Å²) in [6.45, 7) is 3.86. The zero-order valence-electron chi connectivity index (χ0n) is 11.6. The Hall–Kier alpha value is -1.72. The first-order valence-electron chi connectivity index (χ1n) is 6.57. The fourth-order valence-electron chi connectivity index (χ4n) is 2.28. The first-order valence-corrected chi connectivity index (χ1v) is 7.76. The predicted molar refractivity (Wildman–Crippen MR) is 83.8 cm³/mol. The third-order valence-electron chi connectivity index (χ3n) is 3.47. The lowest BCUT2D eigenvalue weighted by Gasteiger charge is -2.08. The molecule has 108 valence electrons. The van der Waals surface area contributed by atoms with Crippen LogP contribution in [0.5, 0.6) is 0 Å². The van der Waals surface area contributed by atoms with Crippen LogP contribution in [0.25, 0.3) is 11.3 Å². The summed E-state index contributed by atoms with van der Waals surface area (Å²) in [6.07, 6.45) is 0.534. The lowest BCUT2D eigenvalue weighted by molar-refractivity contribution is -0.121. The quantitative estimate of drug-likeness (QED) is 0.792. The number of amides is 2. The maximum atomic E-state index is 11.8. The van der Waals surface area contributed by atoms with Gasteiger partial charge in [0.1, 0.15) is 0 Å². The van der Waals surface area contributed by atoms with Gasteiger partial charge in [-0.25, -0.2) is 9.88 Å². The van der Waals surface area contributed by atoms with Crippen molar-refractivity contribution in [1.29, 1.82) is 0 Å². The van der Waals surface area contributed by atoms with Crippen molar-refractivity contribution >= 4 is 39.9 Å². The molecule has 1 aliphatic heterocycles. The van der Waals surface area contributed by atoms with E-state index in [2.05, 4.69) is 4.98 Å². The van der Waals surface area contributed by atoms with E-state index < -0.39 is 0 Å². The minimum atomic E-state index is -0.178. The Kier molecular flexibility index (Phi) is 3.55. The molecule has 0 aliphatic carbocycles. The molecule has 1 aromatic carbocycles. The maximum Gasteiger partial charge on any atom is 0.236 e. The number of carbonyl (C=O) groups is 2. The Labute approximate surface area is 131 Å². The number of aryl methyl sites for hydroxylation is 2. The van der Waals surface area contributed by atoms with Gasteiger partial charge in [0, 0.05) is 28.3 Å². The highest BCUT2D eigenvalue weighted by atomic mass is 35.5. The summed E-state index contributed by atoms with van der Waals surface area (Å²) in [6, 6.07) is 5.74. The second-order valence-corrected chi connectivity index (χ2v) is 6.58. The van der Waals surface area contributed by atoms with Gasteiger partial charge < -0.3 is 0 Å². The van der Waals surface area contributed by atoms with Crippen molar-refractivity contribution in [2.75, 3.05) is 4.90 Å². The lowest BCUT2D eigenvalue weighted by atomic mass is 10.1. The second-order valence-electron chi connectivity index (χ2n) is 4.99. The molecule has 3 rings (SSSR count). The van der Waals surface area contributed by atoms with Crippen molar-refractivity contribution in [2.24, 2.45) is 0 Å². The van der Waals surface area contributed by atoms with E-state index >= 15 is 0 Å². The average Bonchev–Trinajstić information content (AvgIpc) is 2.96. The average molecular weight is 321 g/mol. The van der Waals surface area contributed by atoms with Crippen molar-refractivity contribution in [1.82, 2.24) is 4.98 Å². The highest BCUT2D eigenvalue weighted by Gasteiger charge is 2.33. The van der Waals surface area contributed by atoms with E-state index in [1.54, 1.807) is 0 Å². The van der Waals surface area contributed by atoms with E-state index in [0.717, 1.165) is 21.7 Å². The van der Waals surface area contributed by atoms with E-state index in [4.69, 9.17) is 11.6 Å². The SMILES string of the molecule is Cc1ccc(-c2nc(N3C(=O)CCC3=O)sc2C)cc1Cl. The van der Waals surface area contributed by atoms with Crippen LogP contribution in [0.1, 0.15) is 23.3 Å². The van der Waals surface area contributed by atoms with Crippen molar-refractivity contribution in [3.8, 4) is 11.3 Å². The summed E-state index contributed by atoms with van der Waals surface area (Å²) >= 11 is 7.51. The van der Waals surface area contributed by atoms with Gasteiger partial charge in [-0.2, -0.15) is 0 Å². The Morgan fingerprint density at radius 1 is 1.19 bits per heavy atom. The number of anilines is 1. The van der Waals surface area contributed by atoms with Crippen molar-refractivity contribution in [3.05, 3.63) is 33.7 Å². The molecule has 0 radical (unpaired) electrons. The van der Waals surface area contributed by atoms with Crippen LogP contribution in [0.3, 0.4) is 0 Å². The molecular weight excluding hydrogens is 308 g/mol. The van der Waals surface area contributed by atoms with Gasteiger partial charge in [-0.1, -0.05) is 23.7 Å². The summed E-state index contributed by atoms with van der Waals surface area (Å²) < 4.78 is 0. The fraction of sp³-hybridized carbons (Fsp3) is 0.267. The van der Waals surface area contributed by atoms with Crippen molar-refractivity contribution < 1.29 is 9.59 Å². The number of thiazole rings is 1. The molecule has 2 amide bonds. The number of hydrogen-bond donors (Lipinski definition) is 0. The number of halogens is 1. The van der Waals surface area contributed by atoms with Gasteiger partial charge in [-0.3, -0.25) is 9.59 Å². The molecule has 6 heteroatoms. The monoisotopic (exact) mass is 320 g/mol. The van der Waals surface area contributed by atoms with Gasteiger partial charge in [0.15, 0.2) is 5.13 Å². The molecule has 0 N–H and O–H groups in total. The maximum absolute atomic E-state index is 11.8. The summed E-state index contributed by atoms with van der Waals surface area (Å²) in [5.41, 5.74) is 2.66. The van der Waals surface area contributed by atoms with Crippen LogP contribution in [0.4, 0.5) is 5.13 Å². The normalized spacial score (nSPS) is 15.1. The molecule has 1 aliphatic rings. The zero-order chi connectivity index (χ0) is 15.1. The summed E-state index contributed by atoms with van der Waals surface area (Å²) in [4.78, 5) is 30.2. The van der Waals surface area contributed by atoms with E-state index in [1.807, 2.05) is 32.0 Å². The van der Waals surface area contributed by atoms with Crippen molar-refractivity contribution in [3.63, 3.8) is 0 Å². The highest BCUT2D eigenvalue weighted by Crippen LogP contribution is 2.35. The molecular formula is C15H13ClN2O2S. The van der Waals surface area contributed by atoms with Crippen LogP contribution in [-0.2, 0) is 9.59 Å². The number of carbonyl (C=O) groups excluding carboxylic acids is 2. The fourth-order valence-corrected chi connectivity index (χ4v) is 3.42. The first-order chi connectivity index (χ1) is 9.97. The van der Waals surface area contributed by atoms with Gasteiger partial charge in [0.25, 0.3) is 0 Å². The van der Waals surface area contributed by atoms with Crippen molar-refractivity contribution in [2.45, 2.75) is 26.7 Å². The molecule has 21 heavy (non-hydrogen) atoms. The number of rotatable bonds is 2. The molecule has 0 spiro atoms. The van der Waals surface area contributed by atoms with E-state index in [9.17, 15) is 9.59 Å². The Balaban J connectivity index is 2.03. The number of benzene rings is 1. The smallest absolute Gasteiger partial charge is 0.236 e. The van der Waals surface area contributed by atoms with E-state index in [0.29, 0.717) is 10.2 Å². The molecule has 2 aromatic rings. The largest absolute Gasteiger partial charge is 0.274 e. The minimum absolute atomic E-state index is 0.178. The zero-order valence-corrected chi connectivity index (χ0v) is 13.2. The molecule has 0 bridgehead atoms. The molecule has 1 aromatic heterocycles. The lowest BCUT2D eigenvalue weighted by Crippen LogP contribution is -2.28. The number of nitrogens with zero attached hydrogens (tertiary/aromatic N) is 2. The van der Waals surface area contributed by atoms with Gasteiger partial charge in [0.05, 0.1) is 5.69 Å². The van der Waals surface area contributed by atoms with Gasteiger partial charge in [-0.15, -0.1) is 11.3 Å². The summed E-state index contributed by atoms with van der Waals surface area (Å²) in [7, 11) is 0. The Bertz CT molecular complexity index is 738. The summed E-state index contributed by atoms with van der Waals surface area (Å²) in [5, 5.41) is 1.13. The van der Waals surface area contributed by atoms with Gasteiger partial charge in [0.2, 0.25) is 11.8 Å². The van der Waals surface area contributed by atoms with Crippen LogP contribution >= 0.6 is 22.9 Å². The molecule has 2 heterocycles. The van der Waals surface area contributed by atoms with Crippen LogP contribution in [0.15, 0.2) is 18.2 Å².